The summed E-state index contributed by atoms with van der Waals surface area (Å²) in [6.07, 6.45) is -13.0. The zero-order valence-corrected chi connectivity index (χ0v) is 7.63. The van der Waals surface area contributed by atoms with Gasteiger partial charge in [0, 0.05) is 0 Å². The number of alkyl halides is 11. The molecule has 0 bridgehead atoms. The highest BCUT2D eigenvalue weighted by atomic mass is 19.4. The fourth-order valence-electron chi connectivity index (χ4n) is 1.28. The highest BCUT2D eigenvalue weighted by molar-refractivity contribution is 4.99. The van der Waals surface area contributed by atoms with Crippen molar-refractivity contribution >= 4 is 0 Å². The Balaban J connectivity index is 3.48. The van der Waals surface area contributed by atoms with Crippen LogP contribution in [0.25, 0.3) is 0 Å². The predicted molar refractivity (Wildman–Crippen MR) is 30.6 cm³/mol. The first-order valence-corrected chi connectivity index (χ1v) is 3.76. The normalized spacial score (nSPS) is 28.0. The molecular formula is C5HF11N2. The summed E-state index contributed by atoms with van der Waals surface area (Å²) in [5, 5.41) is 0. The van der Waals surface area contributed by atoms with Gasteiger partial charge in [0.25, 0.3) is 0 Å². The molecule has 1 aliphatic heterocycles. The van der Waals surface area contributed by atoms with E-state index in [1.165, 1.54) is 0 Å². The minimum atomic E-state index is -6.65. The minimum absolute atomic E-state index is 2.80. The van der Waals surface area contributed by atoms with Crippen LogP contribution in [0.3, 0.4) is 0 Å². The first-order valence-electron chi connectivity index (χ1n) is 3.76. The van der Waals surface area contributed by atoms with Crippen LogP contribution in [0.15, 0.2) is 0 Å². The average Bonchev–Trinajstić information content (AvgIpc) is 2.05. The van der Waals surface area contributed by atoms with Crippen LogP contribution in [0, 0.1) is 0 Å². The lowest BCUT2D eigenvalue weighted by Gasteiger charge is -2.29. The second-order valence-corrected chi connectivity index (χ2v) is 3.04. The van der Waals surface area contributed by atoms with Crippen molar-refractivity contribution in [1.29, 1.82) is 0 Å². The van der Waals surface area contributed by atoms with Gasteiger partial charge in [-0.15, -0.1) is 4.90 Å². The fourth-order valence-corrected chi connectivity index (χ4v) is 1.28. The van der Waals surface area contributed by atoms with Gasteiger partial charge in [-0.3, -0.25) is 0 Å². The van der Waals surface area contributed by atoms with Crippen molar-refractivity contribution in [2.75, 3.05) is 0 Å². The van der Waals surface area contributed by atoms with Gasteiger partial charge in [0.05, 0.1) is 0 Å². The SMILES string of the molecule is FC(F)N1C(F)(F)N(C(F)(F)F)C(F)(F)C1(F)F. The summed E-state index contributed by atoms with van der Waals surface area (Å²) in [7, 11) is 0. The Morgan fingerprint density at radius 2 is 1.17 bits per heavy atom. The van der Waals surface area contributed by atoms with Crippen LogP contribution in [0.2, 0.25) is 0 Å². The largest absolute Gasteiger partial charge is 0.470 e. The van der Waals surface area contributed by atoms with E-state index in [-0.39, 0.29) is 0 Å². The molecular weight excluding hydrogens is 297 g/mol. The van der Waals surface area contributed by atoms with E-state index in [1.807, 2.05) is 0 Å². The highest BCUT2D eigenvalue weighted by Crippen LogP contribution is 2.58. The lowest BCUT2D eigenvalue weighted by Crippen LogP contribution is -2.57. The van der Waals surface area contributed by atoms with Crippen molar-refractivity contribution in [3.63, 3.8) is 0 Å². The van der Waals surface area contributed by atoms with Gasteiger partial charge in [-0.25, -0.2) is 0 Å². The average molecular weight is 298 g/mol. The summed E-state index contributed by atoms with van der Waals surface area (Å²) in [4.78, 5) is -6.01. The van der Waals surface area contributed by atoms with E-state index in [1.54, 1.807) is 0 Å². The molecule has 0 aliphatic carbocycles. The van der Waals surface area contributed by atoms with E-state index in [0.717, 1.165) is 0 Å². The van der Waals surface area contributed by atoms with E-state index in [9.17, 15) is 48.3 Å². The molecule has 0 radical (unpaired) electrons. The van der Waals surface area contributed by atoms with Crippen molar-refractivity contribution in [3.8, 4) is 0 Å². The minimum Gasteiger partial charge on any atom is -0.191 e. The van der Waals surface area contributed by atoms with Gasteiger partial charge in [0.15, 0.2) is 0 Å². The first kappa shape index (κ1) is 15.2. The molecule has 1 aliphatic rings. The zero-order chi connectivity index (χ0) is 14.7. The molecule has 0 saturated carbocycles. The summed E-state index contributed by atoms with van der Waals surface area (Å²) in [6.45, 7) is -4.94. The molecule has 2 nitrogen and oxygen atoms in total. The smallest absolute Gasteiger partial charge is 0.191 e. The first-order chi connectivity index (χ1) is 7.68. The second kappa shape index (κ2) is 3.59. The van der Waals surface area contributed by atoms with Crippen LogP contribution in [-0.4, -0.2) is 40.9 Å². The molecule has 108 valence electrons. The lowest BCUT2D eigenvalue weighted by atomic mass is 10.4. The maximum absolute atomic E-state index is 12.7. The molecule has 0 aromatic heterocycles. The molecule has 0 N–H and O–H groups in total. The summed E-state index contributed by atoms with van der Waals surface area (Å²) in [5.74, 6) is 0. The zero-order valence-electron chi connectivity index (χ0n) is 7.63. The van der Waals surface area contributed by atoms with Crippen LogP contribution in [0.1, 0.15) is 0 Å². The van der Waals surface area contributed by atoms with E-state index in [2.05, 4.69) is 0 Å². The third-order valence-corrected chi connectivity index (χ3v) is 1.95. The van der Waals surface area contributed by atoms with Crippen LogP contribution >= 0.6 is 0 Å². The van der Waals surface area contributed by atoms with Gasteiger partial charge < -0.3 is 0 Å². The van der Waals surface area contributed by atoms with Gasteiger partial charge in [0.2, 0.25) is 0 Å². The molecule has 18 heavy (non-hydrogen) atoms. The third kappa shape index (κ3) is 1.71. The Morgan fingerprint density at radius 1 is 0.778 bits per heavy atom. The molecule has 1 saturated heterocycles. The number of rotatable bonds is 1. The van der Waals surface area contributed by atoms with E-state index in [0.29, 0.717) is 0 Å². The third-order valence-electron chi connectivity index (χ3n) is 1.95. The molecule has 0 atom stereocenters. The Morgan fingerprint density at radius 3 is 1.33 bits per heavy atom. The topological polar surface area (TPSA) is 6.48 Å². The summed E-state index contributed by atoms with van der Waals surface area (Å²) in [6, 6.07) is -13.0. The Hall–Kier alpha value is -0.850. The van der Waals surface area contributed by atoms with Crippen LogP contribution in [0.5, 0.6) is 0 Å². The maximum atomic E-state index is 12.7. The Kier molecular flexibility index (Phi) is 3.03. The van der Waals surface area contributed by atoms with Gasteiger partial charge in [0.1, 0.15) is 0 Å². The maximum Gasteiger partial charge on any atom is 0.470 e. The van der Waals surface area contributed by atoms with Crippen molar-refractivity contribution in [3.05, 3.63) is 0 Å². The van der Waals surface area contributed by atoms with Crippen molar-refractivity contribution in [1.82, 2.24) is 9.80 Å². The molecule has 0 amide bonds. The molecule has 0 unspecified atom stereocenters. The van der Waals surface area contributed by atoms with Crippen LogP contribution in [-0.2, 0) is 0 Å². The quantitative estimate of drug-likeness (QED) is 0.542. The van der Waals surface area contributed by atoms with E-state index < -0.39 is 40.9 Å². The van der Waals surface area contributed by atoms with Crippen molar-refractivity contribution in [2.45, 2.75) is 31.1 Å². The van der Waals surface area contributed by atoms with Gasteiger partial charge in [-0.1, -0.05) is 4.90 Å². The van der Waals surface area contributed by atoms with Gasteiger partial charge >= 0.3 is 31.1 Å². The standard InChI is InChI=1S/C5HF11N2/c6-1(7)17-2(8,9)3(10,11)18(4(12,13)14)5(17,15)16/h1H. The molecule has 1 rings (SSSR count). The molecule has 1 fully saturated rings. The van der Waals surface area contributed by atoms with Gasteiger partial charge in [-0.05, 0) is 0 Å². The monoisotopic (exact) mass is 298 g/mol. The fraction of sp³-hybridized carbons (Fsp3) is 1.00. The summed E-state index contributed by atoms with van der Waals surface area (Å²) in [5.41, 5.74) is 0. The summed E-state index contributed by atoms with van der Waals surface area (Å²) >= 11 is 0. The number of hydrogen-bond donors (Lipinski definition) is 0. The van der Waals surface area contributed by atoms with E-state index >= 15 is 0 Å². The molecule has 0 aromatic rings. The molecule has 13 heteroatoms. The second-order valence-electron chi connectivity index (χ2n) is 3.04. The van der Waals surface area contributed by atoms with E-state index in [4.69, 9.17) is 0 Å². The Bertz CT molecular complexity index is 333. The highest BCUT2D eigenvalue weighted by Gasteiger charge is 2.88. The number of nitrogens with zero attached hydrogens (tertiary/aromatic N) is 2. The molecule has 0 aromatic carbocycles. The lowest BCUT2D eigenvalue weighted by molar-refractivity contribution is -0.403. The summed E-state index contributed by atoms with van der Waals surface area (Å²) < 4.78 is 135. The van der Waals surface area contributed by atoms with Crippen molar-refractivity contribution < 1.29 is 48.3 Å². The molecule has 1 heterocycles. The van der Waals surface area contributed by atoms with Gasteiger partial charge in [-0.2, -0.15) is 48.3 Å². The number of hydrogen-bond acceptors (Lipinski definition) is 2. The predicted octanol–water partition coefficient (Wildman–Crippen LogP) is 3.08. The molecule has 0 spiro atoms. The Labute approximate surface area is 90.5 Å². The number of halogens is 11. The van der Waals surface area contributed by atoms with Crippen LogP contribution < -0.4 is 0 Å². The van der Waals surface area contributed by atoms with Crippen LogP contribution in [0.4, 0.5) is 48.3 Å². The van der Waals surface area contributed by atoms with Crippen molar-refractivity contribution in [2.24, 2.45) is 0 Å².